The standard InChI is InChI=1S/C20H21BrN4O5/c1-12(2)18(19(26)23-14-5-7-15(30-3)8-6-14)20(27)24-22-11-13-4-9-16(21)17(10-13)25(28)29/h4-12,18H,1-3H3,(H,23,26)(H,24,27). The zero-order valence-electron chi connectivity index (χ0n) is 16.6. The Bertz CT molecular complexity index is 960. The number of anilines is 1. The Morgan fingerprint density at radius 2 is 1.83 bits per heavy atom. The topological polar surface area (TPSA) is 123 Å². The van der Waals surface area contributed by atoms with Gasteiger partial charge in [-0.1, -0.05) is 19.9 Å². The minimum absolute atomic E-state index is 0.121. The average Bonchev–Trinajstić information content (AvgIpc) is 2.69. The Hall–Kier alpha value is -3.27. The Labute approximate surface area is 181 Å². The normalized spacial score (nSPS) is 11.9. The number of nitro groups is 1. The van der Waals surface area contributed by atoms with Crippen LogP contribution in [0.4, 0.5) is 11.4 Å². The summed E-state index contributed by atoms with van der Waals surface area (Å²) in [6.07, 6.45) is 1.27. The molecule has 0 heterocycles. The van der Waals surface area contributed by atoms with Gasteiger partial charge in [0, 0.05) is 17.3 Å². The van der Waals surface area contributed by atoms with E-state index in [0.717, 1.165) is 0 Å². The van der Waals surface area contributed by atoms with Gasteiger partial charge in [0.25, 0.3) is 11.6 Å². The van der Waals surface area contributed by atoms with E-state index >= 15 is 0 Å². The van der Waals surface area contributed by atoms with E-state index in [2.05, 4.69) is 31.8 Å². The van der Waals surface area contributed by atoms with E-state index in [1.165, 1.54) is 18.3 Å². The van der Waals surface area contributed by atoms with Crippen molar-refractivity contribution >= 4 is 45.3 Å². The average molecular weight is 477 g/mol. The van der Waals surface area contributed by atoms with Gasteiger partial charge < -0.3 is 10.1 Å². The van der Waals surface area contributed by atoms with Crippen LogP contribution in [0, 0.1) is 22.0 Å². The van der Waals surface area contributed by atoms with Gasteiger partial charge in [-0.3, -0.25) is 19.7 Å². The predicted molar refractivity (Wildman–Crippen MR) is 116 cm³/mol. The fraction of sp³-hybridized carbons (Fsp3) is 0.250. The van der Waals surface area contributed by atoms with Crippen LogP contribution >= 0.6 is 15.9 Å². The Morgan fingerprint density at radius 3 is 2.40 bits per heavy atom. The summed E-state index contributed by atoms with van der Waals surface area (Å²) in [7, 11) is 1.54. The van der Waals surface area contributed by atoms with Crippen molar-refractivity contribution in [1.82, 2.24) is 5.43 Å². The lowest BCUT2D eigenvalue weighted by Gasteiger charge is -2.18. The van der Waals surface area contributed by atoms with Crippen molar-refractivity contribution < 1.29 is 19.2 Å². The van der Waals surface area contributed by atoms with E-state index in [-0.39, 0.29) is 11.6 Å². The van der Waals surface area contributed by atoms with Gasteiger partial charge in [0.1, 0.15) is 11.7 Å². The van der Waals surface area contributed by atoms with E-state index in [1.54, 1.807) is 51.3 Å². The van der Waals surface area contributed by atoms with E-state index in [9.17, 15) is 19.7 Å². The molecule has 0 saturated heterocycles. The maximum Gasteiger partial charge on any atom is 0.284 e. The molecular formula is C20H21BrN4O5. The van der Waals surface area contributed by atoms with Crippen molar-refractivity contribution in [1.29, 1.82) is 0 Å². The van der Waals surface area contributed by atoms with E-state index in [0.29, 0.717) is 21.5 Å². The molecule has 0 bridgehead atoms. The molecule has 2 N–H and O–H groups in total. The number of carbonyl (C=O) groups excluding carboxylic acids is 2. The minimum Gasteiger partial charge on any atom is -0.497 e. The van der Waals surface area contributed by atoms with Gasteiger partial charge in [-0.05, 0) is 52.2 Å². The first-order valence-electron chi connectivity index (χ1n) is 8.94. The van der Waals surface area contributed by atoms with Crippen LogP contribution in [-0.2, 0) is 9.59 Å². The highest BCUT2D eigenvalue weighted by Gasteiger charge is 2.30. The molecule has 2 amide bonds. The Morgan fingerprint density at radius 1 is 1.17 bits per heavy atom. The fourth-order valence-electron chi connectivity index (χ4n) is 2.61. The number of hydrogen-bond donors (Lipinski definition) is 2. The van der Waals surface area contributed by atoms with Crippen molar-refractivity contribution in [2.24, 2.45) is 16.9 Å². The lowest BCUT2D eigenvalue weighted by Crippen LogP contribution is -2.39. The molecule has 0 fully saturated rings. The number of methoxy groups -OCH3 is 1. The van der Waals surface area contributed by atoms with E-state index in [1.807, 2.05) is 0 Å². The molecule has 1 atom stereocenters. The third-order valence-electron chi connectivity index (χ3n) is 4.14. The molecule has 0 aliphatic heterocycles. The highest BCUT2D eigenvalue weighted by Crippen LogP contribution is 2.25. The molecule has 30 heavy (non-hydrogen) atoms. The van der Waals surface area contributed by atoms with Gasteiger partial charge in [-0.15, -0.1) is 0 Å². The summed E-state index contributed by atoms with van der Waals surface area (Å²) in [4.78, 5) is 35.6. The Balaban J connectivity index is 2.06. The van der Waals surface area contributed by atoms with E-state index < -0.39 is 22.7 Å². The van der Waals surface area contributed by atoms with Gasteiger partial charge in [-0.2, -0.15) is 5.10 Å². The first kappa shape index (κ1) is 23.0. The second-order valence-electron chi connectivity index (χ2n) is 6.64. The Kier molecular flexibility index (Phi) is 8.05. The van der Waals surface area contributed by atoms with Crippen LogP contribution in [0.2, 0.25) is 0 Å². The molecule has 2 rings (SSSR count). The molecular weight excluding hydrogens is 456 g/mol. The van der Waals surface area contributed by atoms with Crippen LogP contribution in [0.15, 0.2) is 52.0 Å². The van der Waals surface area contributed by atoms with E-state index in [4.69, 9.17) is 4.74 Å². The molecule has 0 aliphatic rings. The maximum absolute atomic E-state index is 12.6. The van der Waals surface area contributed by atoms with Gasteiger partial charge in [0.2, 0.25) is 5.91 Å². The van der Waals surface area contributed by atoms with Crippen molar-refractivity contribution in [2.75, 3.05) is 12.4 Å². The molecule has 1 unspecified atom stereocenters. The molecule has 0 saturated carbocycles. The number of nitro benzene ring substituents is 1. The third kappa shape index (κ3) is 6.11. The summed E-state index contributed by atoms with van der Waals surface area (Å²) in [5.41, 5.74) is 3.17. The smallest absolute Gasteiger partial charge is 0.284 e. The quantitative estimate of drug-likeness (QED) is 0.260. The second-order valence-corrected chi connectivity index (χ2v) is 7.50. The highest BCUT2D eigenvalue weighted by molar-refractivity contribution is 9.10. The molecule has 0 radical (unpaired) electrons. The van der Waals surface area contributed by atoms with Gasteiger partial charge in [0.05, 0.1) is 22.7 Å². The third-order valence-corrected chi connectivity index (χ3v) is 4.81. The van der Waals surface area contributed by atoms with Crippen molar-refractivity contribution in [3.8, 4) is 5.75 Å². The fourth-order valence-corrected chi connectivity index (χ4v) is 3.00. The molecule has 2 aromatic rings. The SMILES string of the molecule is COc1ccc(NC(=O)C(C(=O)NN=Cc2ccc(Br)c([N+](=O)[O-])c2)C(C)C)cc1. The monoisotopic (exact) mass is 476 g/mol. The van der Waals surface area contributed by atoms with Crippen molar-refractivity contribution in [3.63, 3.8) is 0 Å². The largest absolute Gasteiger partial charge is 0.497 e. The summed E-state index contributed by atoms with van der Waals surface area (Å²) in [5.74, 6) is -1.68. The summed E-state index contributed by atoms with van der Waals surface area (Å²) < 4.78 is 5.41. The number of rotatable bonds is 8. The number of hydrazone groups is 1. The zero-order valence-corrected chi connectivity index (χ0v) is 18.2. The minimum atomic E-state index is -0.983. The number of amides is 2. The van der Waals surface area contributed by atoms with Gasteiger partial charge in [-0.25, -0.2) is 5.43 Å². The second kappa shape index (κ2) is 10.5. The number of benzene rings is 2. The molecule has 0 aromatic heterocycles. The van der Waals surface area contributed by atoms with Crippen LogP contribution in [0.5, 0.6) is 5.75 Å². The summed E-state index contributed by atoms with van der Waals surface area (Å²) in [6.45, 7) is 3.50. The molecule has 0 aliphatic carbocycles. The maximum atomic E-state index is 12.6. The van der Waals surface area contributed by atoms with Crippen LogP contribution in [0.25, 0.3) is 0 Å². The number of ether oxygens (including phenoxy) is 1. The van der Waals surface area contributed by atoms with Gasteiger partial charge >= 0.3 is 0 Å². The highest BCUT2D eigenvalue weighted by atomic mass is 79.9. The lowest BCUT2D eigenvalue weighted by molar-refractivity contribution is -0.385. The number of hydrogen-bond acceptors (Lipinski definition) is 6. The number of carbonyl (C=O) groups is 2. The number of nitrogens with one attached hydrogen (secondary N) is 2. The molecule has 0 spiro atoms. The summed E-state index contributed by atoms with van der Waals surface area (Å²) in [5, 5.41) is 17.5. The number of halogens is 1. The zero-order chi connectivity index (χ0) is 22.3. The summed E-state index contributed by atoms with van der Waals surface area (Å²) >= 11 is 3.10. The van der Waals surface area contributed by atoms with Crippen molar-refractivity contribution in [2.45, 2.75) is 13.8 Å². The number of nitrogens with zero attached hydrogens (tertiary/aromatic N) is 2. The van der Waals surface area contributed by atoms with Crippen molar-refractivity contribution in [3.05, 3.63) is 62.6 Å². The molecule has 9 nitrogen and oxygen atoms in total. The van der Waals surface area contributed by atoms with Crippen LogP contribution in [0.3, 0.4) is 0 Å². The predicted octanol–water partition coefficient (Wildman–Crippen LogP) is 3.73. The first-order valence-corrected chi connectivity index (χ1v) is 9.74. The summed E-state index contributed by atoms with van der Waals surface area (Å²) in [6, 6.07) is 11.2. The molecule has 2 aromatic carbocycles. The van der Waals surface area contributed by atoms with Crippen LogP contribution in [-0.4, -0.2) is 30.1 Å². The molecule has 158 valence electrons. The van der Waals surface area contributed by atoms with Crippen LogP contribution < -0.4 is 15.5 Å². The van der Waals surface area contributed by atoms with Gasteiger partial charge in [0.15, 0.2) is 0 Å². The van der Waals surface area contributed by atoms with Crippen LogP contribution in [0.1, 0.15) is 19.4 Å². The molecule has 10 heteroatoms. The lowest BCUT2D eigenvalue weighted by atomic mass is 9.94. The first-order chi connectivity index (χ1) is 14.2.